The van der Waals surface area contributed by atoms with Gasteiger partial charge in [0.2, 0.25) is 11.8 Å². The molecule has 0 radical (unpaired) electrons. The molecule has 0 saturated carbocycles. The van der Waals surface area contributed by atoms with Gasteiger partial charge in [-0.2, -0.15) is 0 Å². The minimum absolute atomic E-state index is 0.0890. The Balaban J connectivity index is 2.41. The second-order valence-electron chi connectivity index (χ2n) is 5.73. The summed E-state index contributed by atoms with van der Waals surface area (Å²) in [5, 5.41) is 5.48. The number of nitrogens with two attached hydrogens (primary N) is 1. The number of rotatable bonds is 3. The van der Waals surface area contributed by atoms with Crippen molar-refractivity contribution in [2.75, 3.05) is 6.54 Å². The van der Waals surface area contributed by atoms with Crippen LogP contribution < -0.4 is 16.4 Å². The molecule has 1 heterocycles. The molecule has 1 fully saturated rings. The fraction of sp³-hybridized carbons (Fsp3) is 0.833. The zero-order valence-electron chi connectivity index (χ0n) is 10.9. The Morgan fingerprint density at radius 2 is 2.24 bits per heavy atom. The Labute approximate surface area is 103 Å². The molecule has 2 atom stereocenters. The van der Waals surface area contributed by atoms with E-state index in [0.717, 1.165) is 6.42 Å². The van der Waals surface area contributed by atoms with Gasteiger partial charge in [0.1, 0.15) is 6.04 Å². The molecule has 0 aliphatic carbocycles. The minimum Gasteiger partial charge on any atom is -0.354 e. The van der Waals surface area contributed by atoms with Crippen molar-refractivity contribution < 1.29 is 9.59 Å². The number of amides is 2. The van der Waals surface area contributed by atoms with Crippen molar-refractivity contribution in [3.63, 3.8) is 0 Å². The molecule has 0 aromatic heterocycles. The highest BCUT2D eigenvalue weighted by Crippen LogP contribution is 2.19. The van der Waals surface area contributed by atoms with Crippen LogP contribution in [-0.2, 0) is 9.59 Å². The number of hydrogen-bond donors (Lipinski definition) is 3. The molecule has 0 bridgehead atoms. The molecule has 5 nitrogen and oxygen atoms in total. The van der Waals surface area contributed by atoms with Crippen molar-refractivity contribution in [3.05, 3.63) is 0 Å². The first-order chi connectivity index (χ1) is 7.80. The molecule has 1 aliphatic heterocycles. The lowest BCUT2D eigenvalue weighted by Crippen LogP contribution is -2.51. The van der Waals surface area contributed by atoms with Gasteiger partial charge in [0.15, 0.2) is 0 Å². The largest absolute Gasteiger partial charge is 0.354 e. The topological polar surface area (TPSA) is 84.2 Å². The number of carbonyl (C=O) groups is 2. The van der Waals surface area contributed by atoms with E-state index in [4.69, 9.17) is 5.73 Å². The highest BCUT2D eigenvalue weighted by atomic mass is 16.2. The zero-order valence-corrected chi connectivity index (χ0v) is 10.9. The van der Waals surface area contributed by atoms with E-state index in [1.165, 1.54) is 0 Å². The van der Waals surface area contributed by atoms with Gasteiger partial charge in [-0.15, -0.1) is 0 Å². The molecule has 2 amide bonds. The predicted molar refractivity (Wildman–Crippen MR) is 66.2 cm³/mol. The van der Waals surface area contributed by atoms with Gasteiger partial charge in [0, 0.05) is 19.0 Å². The molecule has 0 spiro atoms. The molecule has 98 valence electrons. The van der Waals surface area contributed by atoms with Crippen molar-refractivity contribution in [3.8, 4) is 0 Å². The quantitative estimate of drug-likeness (QED) is 0.657. The maximum absolute atomic E-state index is 11.7. The van der Waals surface area contributed by atoms with E-state index in [-0.39, 0.29) is 35.7 Å². The second kappa shape index (κ2) is 5.49. The zero-order chi connectivity index (χ0) is 13.1. The minimum atomic E-state index is -0.386. The molecule has 5 heteroatoms. The summed E-state index contributed by atoms with van der Waals surface area (Å²) in [5.74, 6) is -0.233. The van der Waals surface area contributed by atoms with Crippen LogP contribution in [0.1, 0.15) is 40.0 Å². The van der Waals surface area contributed by atoms with Gasteiger partial charge in [-0.3, -0.25) is 9.59 Å². The van der Waals surface area contributed by atoms with Gasteiger partial charge in [0.25, 0.3) is 0 Å². The molecular weight excluding hydrogens is 218 g/mol. The Kier molecular flexibility index (Phi) is 4.51. The molecule has 4 N–H and O–H groups in total. The summed E-state index contributed by atoms with van der Waals surface area (Å²) in [4.78, 5) is 23.2. The van der Waals surface area contributed by atoms with Gasteiger partial charge in [-0.1, -0.05) is 20.8 Å². The molecule has 1 rings (SSSR count). The molecule has 1 aliphatic rings. The van der Waals surface area contributed by atoms with Crippen molar-refractivity contribution >= 4 is 11.8 Å². The normalized spacial score (nSPS) is 22.8. The van der Waals surface area contributed by atoms with Gasteiger partial charge >= 0.3 is 0 Å². The van der Waals surface area contributed by atoms with Crippen LogP contribution >= 0.6 is 0 Å². The Morgan fingerprint density at radius 1 is 1.59 bits per heavy atom. The number of hydrogen-bond acceptors (Lipinski definition) is 3. The standard InChI is InChI=1S/C12H23N3O2/c1-12(2,3)9(13)7-10(16)15-8-5-4-6-14-11(8)17/h8-9H,4-7,13H2,1-3H3,(H,14,17)(H,15,16). The van der Waals surface area contributed by atoms with E-state index >= 15 is 0 Å². The van der Waals surface area contributed by atoms with Crippen molar-refractivity contribution in [1.29, 1.82) is 0 Å². The summed E-state index contributed by atoms with van der Waals surface area (Å²) in [7, 11) is 0. The van der Waals surface area contributed by atoms with Crippen LogP contribution in [0.4, 0.5) is 0 Å². The summed E-state index contributed by atoms with van der Waals surface area (Å²) in [6.07, 6.45) is 1.87. The van der Waals surface area contributed by atoms with Crippen LogP contribution in [0.2, 0.25) is 0 Å². The third-order valence-corrected chi connectivity index (χ3v) is 3.14. The molecule has 2 unspecified atom stereocenters. The lowest BCUT2D eigenvalue weighted by Gasteiger charge is -2.28. The number of piperidine rings is 1. The summed E-state index contributed by atoms with van der Waals surface area (Å²) in [6.45, 7) is 6.70. The first kappa shape index (κ1) is 14.0. The van der Waals surface area contributed by atoms with E-state index in [0.29, 0.717) is 13.0 Å². The van der Waals surface area contributed by atoms with E-state index in [1.54, 1.807) is 0 Å². The third-order valence-electron chi connectivity index (χ3n) is 3.14. The van der Waals surface area contributed by atoms with Crippen LogP contribution in [0.25, 0.3) is 0 Å². The predicted octanol–water partition coefficient (Wildman–Crippen LogP) is 0.145. The Hall–Kier alpha value is -1.10. The van der Waals surface area contributed by atoms with E-state index in [1.807, 2.05) is 20.8 Å². The maximum Gasteiger partial charge on any atom is 0.242 e. The first-order valence-electron chi connectivity index (χ1n) is 6.13. The van der Waals surface area contributed by atoms with E-state index in [9.17, 15) is 9.59 Å². The fourth-order valence-corrected chi connectivity index (χ4v) is 1.67. The summed E-state index contributed by atoms with van der Waals surface area (Å²) in [6, 6.07) is -0.586. The van der Waals surface area contributed by atoms with E-state index in [2.05, 4.69) is 10.6 Å². The van der Waals surface area contributed by atoms with Crippen LogP contribution in [0.5, 0.6) is 0 Å². The van der Waals surface area contributed by atoms with Crippen molar-refractivity contribution in [2.24, 2.45) is 11.1 Å². The molecule has 0 aromatic rings. The first-order valence-corrected chi connectivity index (χ1v) is 6.13. The molecular formula is C12H23N3O2. The number of carbonyl (C=O) groups excluding carboxylic acids is 2. The van der Waals surface area contributed by atoms with Crippen LogP contribution in [0.3, 0.4) is 0 Å². The molecule has 17 heavy (non-hydrogen) atoms. The molecule has 1 saturated heterocycles. The average Bonchev–Trinajstić information content (AvgIpc) is 2.20. The SMILES string of the molecule is CC(C)(C)C(N)CC(=O)NC1CCCNC1=O. The summed E-state index contributed by atoms with van der Waals surface area (Å²) in [5.41, 5.74) is 5.83. The lowest BCUT2D eigenvalue weighted by atomic mass is 9.85. The van der Waals surface area contributed by atoms with E-state index < -0.39 is 0 Å². The average molecular weight is 241 g/mol. The van der Waals surface area contributed by atoms with Crippen LogP contribution in [0.15, 0.2) is 0 Å². The van der Waals surface area contributed by atoms with Gasteiger partial charge in [-0.25, -0.2) is 0 Å². The summed E-state index contributed by atoms with van der Waals surface area (Å²) >= 11 is 0. The Bertz CT molecular complexity index is 297. The van der Waals surface area contributed by atoms with Crippen LogP contribution in [0, 0.1) is 5.41 Å². The number of nitrogens with one attached hydrogen (secondary N) is 2. The van der Waals surface area contributed by atoms with Gasteiger partial charge in [0.05, 0.1) is 0 Å². The van der Waals surface area contributed by atoms with Gasteiger partial charge < -0.3 is 16.4 Å². The lowest BCUT2D eigenvalue weighted by molar-refractivity contribution is -0.130. The highest BCUT2D eigenvalue weighted by Gasteiger charge is 2.27. The van der Waals surface area contributed by atoms with Crippen molar-refractivity contribution in [1.82, 2.24) is 10.6 Å². The van der Waals surface area contributed by atoms with Crippen LogP contribution in [-0.4, -0.2) is 30.4 Å². The summed E-state index contributed by atoms with van der Waals surface area (Å²) < 4.78 is 0. The fourth-order valence-electron chi connectivity index (χ4n) is 1.67. The third kappa shape index (κ3) is 4.34. The second-order valence-corrected chi connectivity index (χ2v) is 5.73. The molecule has 0 aromatic carbocycles. The van der Waals surface area contributed by atoms with Crippen molar-refractivity contribution in [2.45, 2.75) is 52.1 Å². The monoisotopic (exact) mass is 241 g/mol. The Morgan fingerprint density at radius 3 is 2.76 bits per heavy atom. The van der Waals surface area contributed by atoms with Gasteiger partial charge in [-0.05, 0) is 18.3 Å². The smallest absolute Gasteiger partial charge is 0.242 e. The highest BCUT2D eigenvalue weighted by molar-refractivity contribution is 5.88. The maximum atomic E-state index is 11.7.